The number of hydrogen-bond donors (Lipinski definition) is 2. The molecule has 7 heteroatoms. The molecule has 0 saturated carbocycles. The van der Waals surface area contributed by atoms with Gasteiger partial charge in [0.2, 0.25) is 0 Å². The van der Waals surface area contributed by atoms with Gasteiger partial charge in [-0.25, -0.2) is 4.98 Å². The van der Waals surface area contributed by atoms with Gasteiger partial charge in [-0.2, -0.15) is 0 Å². The lowest BCUT2D eigenvalue weighted by molar-refractivity contribution is 0.114. The summed E-state index contributed by atoms with van der Waals surface area (Å²) in [5.41, 5.74) is 0. The van der Waals surface area contributed by atoms with Crippen molar-refractivity contribution in [2.24, 2.45) is 10.9 Å². The summed E-state index contributed by atoms with van der Waals surface area (Å²) in [6.07, 6.45) is 3.96. The summed E-state index contributed by atoms with van der Waals surface area (Å²) in [5, 5.41) is 7.71. The molecule has 0 unspecified atom stereocenters. The van der Waals surface area contributed by atoms with Crippen LogP contribution in [0.25, 0.3) is 0 Å². The van der Waals surface area contributed by atoms with Gasteiger partial charge < -0.3 is 15.4 Å². The van der Waals surface area contributed by atoms with Crippen LogP contribution in [0.5, 0.6) is 0 Å². The molecule has 0 bridgehead atoms. The summed E-state index contributed by atoms with van der Waals surface area (Å²) in [6, 6.07) is 0. The van der Waals surface area contributed by atoms with Crippen LogP contribution in [0, 0.1) is 5.92 Å². The van der Waals surface area contributed by atoms with Gasteiger partial charge in [0.25, 0.3) is 0 Å². The van der Waals surface area contributed by atoms with Crippen molar-refractivity contribution in [3.8, 4) is 0 Å². The van der Waals surface area contributed by atoms with Crippen LogP contribution in [-0.2, 0) is 17.6 Å². The van der Waals surface area contributed by atoms with Crippen LogP contribution in [0.15, 0.2) is 11.2 Å². The molecule has 1 heterocycles. The Hall–Kier alpha value is -0.410. The third kappa shape index (κ3) is 9.58. The largest absolute Gasteiger partial charge is 0.379 e. The lowest BCUT2D eigenvalue weighted by atomic mass is 10.2. The van der Waals surface area contributed by atoms with E-state index in [-0.39, 0.29) is 24.0 Å². The van der Waals surface area contributed by atoms with Crippen LogP contribution in [0.2, 0.25) is 0 Å². The van der Waals surface area contributed by atoms with E-state index in [1.165, 1.54) is 9.88 Å². The fourth-order valence-electron chi connectivity index (χ4n) is 1.70. The Morgan fingerprint density at radius 3 is 2.68 bits per heavy atom. The molecule has 0 saturated heterocycles. The molecule has 0 aromatic carbocycles. The molecule has 0 aliphatic heterocycles. The van der Waals surface area contributed by atoms with Crippen molar-refractivity contribution in [1.29, 1.82) is 0 Å². The molecule has 0 fully saturated rings. The number of guanidine groups is 1. The summed E-state index contributed by atoms with van der Waals surface area (Å²) in [5.74, 6) is 1.39. The molecule has 0 aliphatic rings. The average molecular weight is 440 g/mol. The van der Waals surface area contributed by atoms with Gasteiger partial charge in [-0.15, -0.1) is 35.3 Å². The van der Waals surface area contributed by atoms with Crippen LogP contribution >= 0.6 is 35.3 Å². The summed E-state index contributed by atoms with van der Waals surface area (Å²) >= 11 is 1.79. The number of ether oxygens (including phenoxy) is 1. The number of rotatable bonds is 9. The number of aromatic nitrogens is 1. The number of aliphatic imine (C=N–C) groups is 1. The Morgan fingerprint density at radius 2 is 2.09 bits per heavy atom. The molecule has 128 valence electrons. The van der Waals surface area contributed by atoms with Crippen molar-refractivity contribution in [1.82, 2.24) is 15.6 Å². The maximum Gasteiger partial charge on any atom is 0.191 e. The monoisotopic (exact) mass is 440 g/mol. The first-order valence-corrected chi connectivity index (χ1v) is 8.43. The third-order valence-corrected chi connectivity index (χ3v) is 4.00. The molecule has 22 heavy (non-hydrogen) atoms. The second-order valence-corrected chi connectivity index (χ2v) is 6.42. The second kappa shape index (κ2) is 13.1. The van der Waals surface area contributed by atoms with Crippen molar-refractivity contribution in [2.75, 3.05) is 33.4 Å². The predicted molar refractivity (Wildman–Crippen MR) is 106 cm³/mol. The quantitative estimate of drug-likeness (QED) is 0.268. The van der Waals surface area contributed by atoms with E-state index in [1.54, 1.807) is 18.4 Å². The minimum absolute atomic E-state index is 0. The van der Waals surface area contributed by atoms with Crippen molar-refractivity contribution in [2.45, 2.75) is 33.6 Å². The number of thiazole rings is 1. The molecule has 2 N–H and O–H groups in total. The van der Waals surface area contributed by atoms with E-state index in [4.69, 9.17) is 4.74 Å². The number of nitrogens with zero attached hydrogens (tertiary/aromatic N) is 2. The van der Waals surface area contributed by atoms with E-state index in [2.05, 4.69) is 41.4 Å². The van der Waals surface area contributed by atoms with Crippen LogP contribution in [-0.4, -0.2) is 44.3 Å². The van der Waals surface area contributed by atoms with Crippen LogP contribution < -0.4 is 10.6 Å². The minimum atomic E-state index is 0. The third-order valence-electron chi connectivity index (χ3n) is 2.79. The highest BCUT2D eigenvalue weighted by Gasteiger charge is 2.02. The van der Waals surface area contributed by atoms with Gasteiger partial charge in [0, 0.05) is 44.2 Å². The van der Waals surface area contributed by atoms with Crippen molar-refractivity contribution < 1.29 is 4.74 Å². The Kier molecular flexibility index (Phi) is 12.8. The molecule has 1 aromatic heterocycles. The zero-order valence-corrected chi connectivity index (χ0v) is 17.2. The number of nitrogens with one attached hydrogen (secondary N) is 2. The zero-order chi connectivity index (χ0) is 15.5. The highest BCUT2D eigenvalue weighted by Crippen LogP contribution is 2.13. The predicted octanol–water partition coefficient (Wildman–Crippen LogP) is 2.70. The molecule has 5 nitrogen and oxygen atoms in total. The Balaban J connectivity index is 0.00000441. The average Bonchev–Trinajstić information content (AvgIpc) is 2.92. The zero-order valence-electron chi connectivity index (χ0n) is 14.0. The van der Waals surface area contributed by atoms with Gasteiger partial charge in [0.15, 0.2) is 5.96 Å². The Morgan fingerprint density at radius 1 is 1.36 bits per heavy atom. The maximum absolute atomic E-state index is 5.53. The SMILES string of the molecule is CCc1cnc(CCNC(=NC)NCCOCC(C)C)s1.I. The lowest BCUT2D eigenvalue weighted by Crippen LogP contribution is -2.39. The van der Waals surface area contributed by atoms with Crippen molar-refractivity contribution in [3.63, 3.8) is 0 Å². The van der Waals surface area contributed by atoms with Crippen molar-refractivity contribution in [3.05, 3.63) is 16.1 Å². The van der Waals surface area contributed by atoms with Crippen LogP contribution in [0.3, 0.4) is 0 Å². The first kappa shape index (κ1) is 21.6. The molecule has 0 spiro atoms. The maximum atomic E-state index is 5.53. The highest BCUT2D eigenvalue weighted by atomic mass is 127. The van der Waals surface area contributed by atoms with Crippen LogP contribution in [0.1, 0.15) is 30.7 Å². The number of hydrogen-bond acceptors (Lipinski definition) is 4. The van der Waals surface area contributed by atoms with E-state index < -0.39 is 0 Å². The topological polar surface area (TPSA) is 58.5 Å². The Bertz CT molecular complexity index is 423. The first-order chi connectivity index (χ1) is 10.2. The summed E-state index contributed by atoms with van der Waals surface area (Å²) in [7, 11) is 1.78. The smallest absolute Gasteiger partial charge is 0.191 e. The summed E-state index contributed by atoms with van der Waals surface area (Å²) < 4.78 is 5.53. The van der Waals surface area contributed by atoms with Gasteiger partial charge in [0.1, 0.15) is 0 Å². The molecule has 0 radical (unpaired) electrons. The van der Waals surface area contributed by atoms with Gasteiger partial charge in [0.05, 0.1) is 11.6 Å². The van der Waals surface area contributed by atoms with Gasteiger partial charge in [-0.3, -0.25) is 4.99 Å². The molecule has 1 aromatic rings. The molecular weight excluding hydrogens is 411 g/mol. The lowest BCUT2D eigenvalue weighted by Gasteiger charge is -2.12. The molecule has 1 rings (SSSR count). The number of halogens is 1. The van der Waals surface area contributed by atoms with Crippen molar-refractivity contribution >= 4 is 41.3 Å². The highest BCUT2D eigenvalue weighted by molar-refractivity contribution is 14.0. The fraction of sp³-hybridized carbons (Fsp3) is 0.733. The normalized spacial score (nSPS) is 11.4. The summed E-state index contributed by atoms with van der Waals surface area (Å²) in [4.78, 5) is 9.95. The first-order valence-electron chi connectivity index (χ1n) is 7.61. The number of aryl methyl sites for hydroxylation is 1. The molecule has 0 atom stereocenters. The van der Waals surface area contributed by atoms with E-state index in [1.807, 2.05) is 6.20 Å². The minimum Gasteiger partial charge on any atom is -0.379 e. The molecule has 0 amide bonds. The standard InChI is InChI=1S/C15H28N4OS.HI/c1-5-13-10-19-14(21-13)6-7-17-15(16-4)18-8-9-20-11-12(2)3;/h10,12H,5-9,11H2,1-4H3,(H2,16,17,18);1H. The molecule has 0 aliphatic carbocycles. The molecular formula is C15H29IN4OS. The van der Waals surface area contributed by atoms with E-state index >= 15 is 0 Å². The van der Waals surface area contributed by atoms with E-state index in [9.17, 15) is 0 Å². The summed E-state index contributed by atoms with van der Waals surface area (Å²) in [6.45, 7) is 9.56. The van der Waals surface area contributed by atoms with Gasteiger partial charge in [-0.1, -0.05) is 20.8 Å². The van der Waals surface area contributed by atoms with Crippen LogP contribution in [0.4, 0.5) is 0 Å². The van der Waals surface area contributed by atoms with Gasteiger partial charge >= 0.3 is 0 Å². The van der Waals surface area contributed by atoms with E-state index in [0.29, 0.717) is 12.5 Å². The van der Waals surface area contributed by atoms with E-state index in [0.717, 1.165) is 38.5 Å². The fourth-order valence-corrected chi connectivity index (χ4v) is 2.56. The Labute approximate surface area is 155 Å². The second-order valence-electron chi connectivity index (χ2n) is 5.22. The van der Waals surface area contributed by atoms with Gasteiger partial charge in [-0.05, 0) is 12.3 Å².